The fraction of sp³-hybridized carbons (Fsp3) is 0.400. The maximum atomic E-state index is 11.4. The number of nitrogens with one attached hydrogen (secondary N) is 1. The summed E-state index contributed by atoms with van der Waals surface area (Å²) in [5.74, 6) is 0.915. The molecule has 0 spiro atoms. The SMILES string of the molecule is CC(C)c1cc(C(C)C)c2[nH]c(=O)ccc2c1. The van der Waals surface area contributed by atoms with Crippen LogP contribution in [0.15, 0.2) is 29.1 Å². The normalized spacial score (nSPS) is 11.6. The van der Waals surface area contributed by atoms with Gasteiger partial charge in [0.2, 0.25) is 5.56 Å². The topological polar surface area (TPSA) is 32.9 Å². The molecule has 0 aliphatic heterocycles. The molecule has 0 fully saturated rings. The van der Waals surface area contributed by atoms with Crippen molar-refractivity contribution in [3.05, 3.63) is 45.7 Å². The van der Waals surface area contributed by atoms with Crippen LogP contribution in [0.3, 0.4) is 0 Å². The Balaban J connectivity index is 2.81. The Morgan fingerprint density at radius 2 is 1.71 bits per heavy atom. The Kier molecular flexibility index (Phi) is 3.05. The maximum Gasteiger partial charge on any atom is 0.248 e. The van der Waals surface area contributed by atoms with Crippen molar-refractivity contribution in [1.29, 1.82) is 0 Å². The number of aromatic amines is 1. The molecular formula is C15H19NO. The minimum absolute atomic E-state index is 0.0308. The molecule has 0 aliphatic carbocycles. The van der Waals surface area contributed by atoms with E-state index >= 15 is 0 Å². The molecule has 0 saturated carbocycles. The van der Waals surface area contributed by atoms with Crippen molar-refractivity contribution in [2.45, 2.75) is 39.5 Å². The van der Waals surface area contributed by atoms with Crippen LogP contribution in [0.1, 0.15) is 50.7 Å². The molecule has 1 heterocycles. The van der Waals surface area contributed by atoms with E-state index in [9.17, 15) is 4.79 Å². The van der Waals surface area contributed by atoms with Crippen LogP contribution in [0.2, 0.25) is 0 Å². The summed E-state index contributed by atoms with van der Waals surface area (Å²) in [6.07, 6.45) is 0. The van der Waals surface area contributed by atoms with Gasteiger partial charge in [0.05, 0.1) is 5.52 Å². The number of fused-ring (bicyclic) bond motifs is 1. The third kappa shape index (κ3) is 2.26. The summed E-state index contributed by atoms with van der Waals surface area (Å²) in [5.41, 5.74) is 3.51. The van der Waals surface area contributed by atoms with E-state index < -0.39 is 0 Å². The summed E-state index contributed by atoms with van der Waals surface area (Å²) in [6.45, 7) is 8.70. The van der Waals surface area contributed by atoms with Crippen LogP contribution in [0.4, 0.5) is 0 Å². The molecule has 0 aliphatic rings. The van der Waals surface area contributed by atoms with Gasteiger partial charge in [-0.2, -0.15) is 0 Å². The lowest BCUT2D eigenvalue weighted by Gasteiger charge is -2.14. The molecule has 2 rings (SSSR count). The van der Waals surface area contributed by atoms with E-state index in [1.165, 1.54) is 11.1 Å². The molecule has 1 aromatic carbocycles. The van der Waals surface area contributed by atoms with Crippen LogP contribution in [0.5, 0.6) is 0 Å². The first-order valence-corrected chi connectivity index (χ1v) is 6.16. The van der Waals surface area contributed by atoms with Crippen LogP contribution in [0, 0.1) is 0 Å². The van der Waals surface area contributed by atoms with Gasteiger partial charge < -0.3 is 4.98 Å². The van der Waals surface area contributed by atoms with Gasteiger partial charge in [-0.15, -0.1) is 0 Å². The lowest BCUT2D eigenvalue weighted by atomic mass is 9.93. The zero-order valence-electron chi connectivity index (χ0n) is 10.9. The lowest BCUT2D eigenvalue weighted by Crippen LogP contribution is -2.06. The van der Waals surface area contributed by atoms with E-state index in [1.54, 1.807) is 6.07 Å². The Hall–Kier alpha value is -1.57. The van der Waals surface area contributed by atoms with E-state index in [0.29, 0.717) is 11.8 Å². The average molecular weight is 229 g/mol. The zero-order chi connectivity index (χ0) is 12.6. The standard InChI is InChI=1S/C15H19NO/c1-9(2)12-7-11-5-6-14(17)16-15(11)13(8-12)10(3)4/h5-10H,1-4H3,(H,16,17). The highest BCUT2D eigenvalue weighted by Crippen LogP contribution is 2.28. The fourth-order valence-electron chi connectivity index (χ4n) is 2.11. The second kappa shape index (κ2) is 4.36. The minimum Gasteiger partial charge on any atom is -0.322 e. The number of hydrogen-bond donors (Lipinski definition) is 1. The highest BCUT2D eigenvalue weighted by atomic mass is 16.1. The van der Waals surface area contributed by atoms with Crippen molar-refractivity contribution in [2.75, 3.05) is 0 Å². The van der Waals surface area contributed by atoms with E-state index in [-0.39, 0.29) is 5.56 Å². The predicted octanol–water partition coefficient (Wildman–Crippen LogP) is 3.77. The third-order valence-electron chi connectivity index (χ3n) is 3.17. The number of rotatable bonds is 2. The lowest BCUT2D eigenvalue weighted by molar-refractivity contribution is 0.839. The average Bonchev–Trinajstić information content (AvgIpc) is 2.27. The second-order valence-corrected chi connectivity index (χ2v) is 5.21. The minimum atomic E-state index is -0.0308. The Bertz CT molecular complexity index is 593. The van der Waals surface area contributed by atoms with Crippen LogP contribution >= 0.6 is 0 Å². The summed E-state index contributed by atoms with van der Waals surface area (Å²) in [7, 11) is 0. The highest BCUT2D eigenvalue weighted by molar-refractivity contribution is 5.83. The number of hydrogen-bond acceptors (Lipinski definition) is 1. The summed E-state index contributed by atoms with van der Waals surface area (Å²) < 4.78 is 0. The van der Waals surface area contributed by atoms with Crippen molar-refractivity contribution in [3.8, 4) is 0 Å². The molecule has 0 unspecified atom stereocenters. The highest BCUT2D eigenvalue weighted by Gasteiger charge is 2.10. The number of pyridine rings is 1. The molecule has 1 N–H and O–H groups in total. The molecular weight excluding hydrogens is 210 g/mol. The van der Waals surface area contributed by atoms with Crippen molar-refractivity contribution in [2.24, 2.45) is 0 Å². The van der Waals surface area contributed by atoms with Crippen LogP contribution in [0.25, 0.3) is 10.9 Å². The number of H-pyrrole nitrogens is 1. The van der Waals surface area contributed by atoms with E-state index in [4.69, 9.17) is 0 Å². The van der Waals surface area contributed by atoms with Gasteiger partial charge in [0, 0.05) is 6.07 Å². The van der Waals surface area contributed by atoms with Gasteiger partial charge >= 0.3 is 0 Å². The van der Waals surface area contributed by atoms with Gasteiger partial charge in [-0.1, -0.05) is 33.8 Å². The molecule has 90 valence electrons. The monoisotopic (exact) mass is 229 g/mol. The number of benzene rings is 1. The van der Waals surface area contributed by atoms with Crippen molar-refractivity contribution in [1.82, 2.24) is 4.98 Å². The first-order chi connectivity index (χ1) is 7.99. The van der Waals surface area contributed by atoms with Crippen molar-refractivity contribution in [3.63, 3.8) is 0 Å². The van der Waals surface area contributed by atoms with Crippen LogP contribution in [-0.2, 0) is 0 Å². The maximum absolute atomic E-state index is 11.4. The van der Waals surface area contributed by atoms with Gasteiger partial charge in [0.1, 0.15) is 0 Å². The summed E-state index contributed by atoms with van der Waals surface area (Å²) >= 11 is 0. The molecule has 2 nitrogen and oxygen atoms in total. The summed E-state index contributed by atoms with van der Waals surface area (Å²) in [5, 5.41) is 1.12. The molecule has 0 saturated heterocycles. The van der Waals surface area contributed by atoms with E-state index in [0.717, 1.165) is 10.9 Å². The van der Waals surface area contributed by atoms with Gasteiger partial charge in [0.15, 0.2) is 0 Å². The largest absolute Gasteiger partial charge is 0.322 e. The van der Waals surface area contributed by atoms with Gasteiger partial charge in [0.25, 0.3) is 0 Å². The first-order valence-electron chi connectivity index (χ1n) is 6.16. The number of aromatic nitrogens is 1. The molecule has 17 heavy (non-hydrogen) atoms. The summed E-state index contributed by atoms with van der Waals surface area (Å²) in [6, 6.07) is 7.89. The van der Waals surface area contributed by atoms with Crippen LogP contribution in [-0.4, -0.2) is 4.98 Å². The molecule has 0 atom stereocenters. The quantitative estimate of drug-likeness (QED) is 0.835. The Morgan fingerprint density at radius 3 is 2.29 bits per heavy atom. The van der Waals surface area contributed by atoms with E-state index in [2.05, 4.69) is 44.8 Å². The zero-order valence-corrected chi connectivity index (χ0v) is 10.9. The smallest absolute Gasteiger partial charge is 0.248 e. The van der Waals surface area contributed by atoms with Crippen LogP contribution < -0.4 is 5.56 Å². The fourth-order valence-corrected chi connectivity index (χ4v) is 2.11. The summed E-state index contributed by atoms with van der Waals surface area (Å²) in [4.78, 5) is 14.4. The predicted molar refractivity (Wildman–Crippen MR) is 72.7 cm³/mol. The van der Waals surface area contributed by atoms with Crippen molar-refractivity contribution >= 4 is 10.9 Å². The Morgan fingerprint density at radius 1 is 1.00 bits per heavy atom. The molecule has 0 amide bonds. The molecule has 0 radical (unpaired) electrons. The molecule has 1 aromatic heterocycles. The van der Waals surface area contributed by atoms with E-state index in [1.807, 2.05) is 6.07 Å². The third-order valence-corrected chi connectivity index (χ3v) is 3.17. The van der Waals surface area contributed by atoms with Gasteiger partial charge in [-0.3, -0.25) is 4.79 Å². The van der Waals surface area contributed by atoms with Gasteiger partial charge in [-0.05, 0) is 40.5 Å². The second-order valence-electron chi connectivity index (χ2n) is 5.21. The molecule has 0 bridgehead atoms. The van der Waals surface area contributed by atoms with Crippen molar-refractivity contribution < 1.29 is 0 Å². The molecule has 2 heteroatoms. The van der Waals surface area contributed by atoms with Gasteiger partial charge in [-0.25, -0.2) is 0 Å². The first kappa shape index (κ1) is 11.9. The molecule has 2 aromatic rings. The Labute approximate surface area is 102 Å².